The number of rotatable bonds is 8. The van der Waals surface area contributed by atoms with Gasteiger partial charge in [-0.2, -0.15) is 0 Å². The molecule has 2 saturated heterocycles. The average Bonchev–Trinajstić information content (AvgIpc) is 2.75. The number of aliphatic hydroxyl groups excluding tert-OH is 1. The molecule has 0 bridgehead atoms. The number of hydrogen-bond donors (Lipinski definition) is 2. The number of hydrogen-bond acceptors (Lipinski definition) is 7. The van der Waals surface area contributed by atoms with E-state index in [0.717, 1.165) is 32.5 Å². The van der Waals surface area contributed by atoms with Crippen LogP contribution in [-0.4, -0.2) is 85.3 Å². The van der Waals surface area contributed by atoms with Crippen molar-refractivity contribution in [1.29, 1.82) is 0 Å². The molecule has 8 heteroatoms. The summed E-state index contributed by atoms with van der Waals surface area (Å²) < 4.78 is 10.2. The first-order valence-corrected chi connectivity index (χ1v) is 10.4. The van der Waals surface area contributed by atoms with Crippen LogP contribution in [0, 0.1) is 0 Å². The van der Waals surface area contributed by atoms with Crippen LogP contribution < -0.4 is 10.1 Å². The largest absolute Gasteiger partial charge is 0.482 e. The maximum absolute atomic E-state index is 12.6. The number of β-amino-alcohol motifs (C(OH)–C–C–N with tert-alkyl or cyclic N) is 1. The monoisotopic (exact) mass is 405 g/mol. The average molecular weight is 405 g/mol. The molecular formula is C21H31N3O5. The van der Waals surface area contributed by atoms with Crippen LogP contribution in [0.4, 0.5) is 0 Å². The minimum Gasteiger partial charge on any atom is -0.482 e. The quantitative estimate of drug-likeness (QED) is 0.611. The molecule has 1 aromatic rings. The molecule has 160 valence electrons. The molecule has 1 amide bonds. The molecule has 0 aromatic heterocycles. The predicted octanol–water partition coefficient (Wildman–Crippen LogP) is 0.558. The fourth-order valence-corrected chi connectivity index (χ4v) is 3.85. The first-order chi connectivity index (χ1) is 14.1. The van der Waals surface area contributed by atoms with Crippen LogP contribution in [0.15, 0.2) is 24.3 Å². The van der Waals surface area contributed by atoms with E-state index in [4.69, 9.17) is 9.47 Å². The maximum Gasteiger partial charge on any atom is 0.344 e. The fourth-order valence-electron chi connectivity index (χ4n) is 3.85. The molecule has 2 aliphatic rings. The van der Waals surface area contributed by atoms with Crippen molar-refractivity contribution in [3.8, 4) is 5.75 Å². The molecule has 2 heterocycles. The van der Waals surface area contributed by atoms with Crippen molar-refractivity contribution in [2.24, 2.45) is 0 Å². The second-order valence-electron chi connectivity index (χ2n) is 7.47. The zero-order chi connectivity index (χ0) is 20.6. The van der Waals surface area contributed by atoms with Crippen LogP contribution in [0.2, 0.25) is 0 Å². The summed E-state index contributed by atoms with van der Waals surface area (Å²) >= 11 is 0. The van der Waals surface area contributed by atoms with Crippen molar-refractivity contribution in [3.05, 3.63) is 29.8 Å². The minimum atomic E-state index is -0.761. The van der Waals surface area contributed by atoms with E-state index in [1.807, 2.05) is 0 Å². The second kappa shape index (κ2) is 10.6. The first-order valence-electron chi connectivity index (χ1n) is 10.4. The van der Waals surface area contributed by atoms with Crippen LogP contribution in [0.25, 0.3) is 0 Å². The number of nitrogens with one attached hydrogen (secondary N) is 1. The summed E-state index contributed by atoms with van der Waals surface area (Å²) in [4.78, 5) is 27.9. The lowest BCUT2D eigenvalue weighted by Gasteiger charge is -2.40. The van der Waals surface area contributed by atoms with E-state index in [1.165, 1.54) is 0 Å². The molecule has 2 N–H and O–H groups in total. The van der Waals surface area contributed by atoms with Gasteiger partial charge in [0.25, 0.3) is 0 Å². The van der Waals surface area contributed by atoms with Gasteiger partial charge < -0.3 is 24.8 Å². The van der Waals surface area contributed by atoms with Crippen LogP contribution in [0.5, 0.6) is 5.75 Å². The number of aliphatic hydroxyl groups is 1. The summed E-state index contributed by atoms with van der Waals surface area (Å²) in [7, 11) is 0. The zero-order valence-corrected chi connectivity index (χ0v) is 17.0. The molecule has 1 atom stereocenters. The van der Waals surface area contributed by atoms with Crippen molar-refractivity contribution in [3.63, 3.8) is 0 Å². The SMILES string of the molecule is CCOC(=O)COc1ccc(C(O)CN2CCN(C3CCNCC3)CC2=O)cc1. The fraction of sp³-hybridized carbons (Fsp3) is 0.619. The summed E-state index contributed by atoms with van der Waals surface area (Å²) in [6, 6.07) is 7.39. The summed E-state index contributed by atoms with van der Waals surface area (Å²) in [6.45, 7) is 6.13. The van der Waals surface area contributed by atoms with Gasteiger partial charge in [-0.25, -0.2) is 4.79 Å². The lowest BCUT2D eigenvalue weighted by atomic mass is 10.0. The van der Waals surface area contributed by atoms with E-state index in [2.05, 4.69) is 10.2 Å². The van der Waals surface area contributed by atoms with E-state index in [1.54, 1.807) is 36.1 Å². The Morgan fingerprint density at radius 3 is 2.62 bits per heavy atom. The Morgan fingerprint density at radius 1 is 1.24 bits per heavy atom. The highest BCUT2D eigenvalue weighted by atomic mass is 16.6. The highest BCUT2D eigenvalue weighted by Gasteiger charge is 2.30. The molecule has 1 unspecified atom stereocenters. The van der Waals surface area contributed by atoms with E-state index in [-0.39, 0.29) is 19.1 Å². The molecule has 2 aliphatic heterocycles. The number of carbonyl (C=O) groups is 2. The van der Waals surface area contributed by atoms with Gasteiger partial charge in [0.05, 0.1) is 25.8 Å². The van der Waals surface area contributed by atoms with Crippen molar-refractivity contribution < 1.29 is 24.2 Å². The third-order valence-electron chi connectivity index (χ3n) is 5.49. The topological polar surface area (TPSA) is 91.3 Å². The smallest absolute Gasteiger partial charge is 0.344 e. The van der Waals surface area contributed by atoms with Gasteiger partial charge in [-0.15, -0.1) is 0 Å². The number of ether oxygens (including phenoxy) is 2. The highest BCUT2D eigenvalue weighted by molar-refractivity contribution is 5.79. The van der Waals surface area contributed by atoms with Gasteiger partial charge in [0.15, 0.2) is 6.61 Å². The summed E-state index contributed by atoms with van der Waals surface area (Å²) in [5.74, 6) is 0.183. The van der Waals surface area contributed by atoms with Crippen LogP contribution in [0.3, 0.4) is 0 Å². The number of esters is 1. The third kappa shape index (κ3) is 6.16. The van der Waals surface area contributed by atoms with E-state index < -0.39 is 12.1 Å². The van der Waals surface area contributed by atoms with Crippen LogP contribution >= 0.6 is 0 Å². The Kier molecular flexibility index (Phi) is 7.85. The Hall–Kier alpha value is -2.16. The van der Waals surface area contributed by atoms with Crippen LogP contribution in [0.1, 0.15) is 31.4 Å². The number of piperidine rings is 1. The van der Waals surface area contributed by atoms with Gasteiger partial charge in [0, 0.05) is 19.1 Å². The van der Waals surface area contributed by atoms with Gasteiger partial charge in [0.2, 0.25) is 5.91 Å². The van der Waals surface area contributed by atoms with Gasteiger partial charge in [0.1, 0.15) is 5.75 Å². The minimum absolute atomic E-state index is 0.0724. The lowest BCUT2D eigenvalue weighted by Crippen LogP contribution is -2.55. The lowest BCUT2D eigenvalue weighted by molar-refractivity contribution is -0.145. The molecule has 8 nitrogen and oxygen atoms in total. The van der Waals surface area contributed by atoms with Crippen molar-refractivity contribution in [2.45, 2.75) is 31.9 Å². The Labute approximate surface area is 171 Å². The van der Waals surface area contributed by atoms with E-state index >= 15 is 0 Å². The Morgan fingerprint density at radius 2 is 1.97 bits per heavy atom. The normalized spacial score (nSPS) is 19.8. The van der Waals surface area contributed by atoms with Gasteiger partial charge in [-0.05, 0) is 50.6 Å². The standard InChI is InChI=1S/C21H31N3O5/c1-2-28-21(27)15-29-18-5-3-16(4-6-18)19(25)13-24-12-11-23(14-20(24)26)17-7-9-22-10-8-17/h3-6,17,19,22,25H,2,7-15H2,1H3. The summed E-state index contributed by atoms with van der Waals surface area (Å²) in [5, 5.41) is 13.9. The number of benzene rings is 1. The molecule has 29 heavy (non-hydrogen) atoms. The molecule has 2 fully saturated rings. The van der Waals surface area contributed by atoms with Crippen molar-refractivity contribution >= 4 is 11.9 Å². The Bertz CT molecular complexity index is 675. The molecule has 0 aliphatic carbocycles. The number of carbonyl (C=O) groups excluding carboxylic acids is 2. The molecule has 1 aromatic carbocycles. The first kappa shape index (κ1) is 21.5. The maximum atomic E-state index is 12.6. The zero-order valence-electron chi connectivity index (χ0n) is 17.0. The van der Waals surface area contributed by atoms with Crippen LogP contribution in [-0.2, 0) is 14.3 Å². The third-order valence-corrected chi connectivity index (χ3v) is 5.49. The number of nitrogens with zero attached hydrogens (tertiary/aromatic N) is 2. The number of amides is 1. The van der Waals surface area contributed by atoms with Gasteiger partial charge in [-0.1, -0.05) is 12.1 Å². The van der Waals surface area contributed by atoms with E-state index in [0.29, 0.717) is 37.1 Å². The second-order valence-corrected chi connectivity index (χ2v) is 7.47. The molecule has 0 radical (unpaired) electrons. The summed E-state index contributed by atoms with van der Waals surface area (Å²) in [6.07, 6.45) is 1.41. The molecular weight excluding hydrogens is 374 g/mol. The number of piperazine rings is 1. The Balaban J connectivity index is 1.46. The van der Waals surface area contributed by atoms with Gasteiger partial charge in [-0.3, -0.25) is 9.69 Å². The predicted molar refractivity (Wildman–Crippen MR) is 108 cm³/mol. The highest BCUT2D eigenvalue weighted by Crippen LogP contribution is 2.21. The molecule has 3 rings (SSSR count). The van der Waals surface area contributed by atoms with Crippen molar-refractivity contribution in [2.75, 3.05) is 52.5 Å². The van der Waals surface area contributed by atoms with Crippen molar-refractivity contribution in [1.82, 2.24) is 15.1 Å². The molecule has 0 saturated carbocycles. The van der Waals surface area contributed by atoms with E-state index in [9.17, 15) is 14.7 Å². The van der Waals surface area contributed by atoms with Gasteiger partial charge >= 0.3 is 5.97 Å². The molecule has 0 spiro atoms. The summed E-state index contributed by atoms with van der Waals surface area (Å²) in [5.41, 5.74) is 0.710.